The fraction of sp³-hybridized carbons (Fsp3) is 0.188. The van der Waals surface area contributed by atoms with E-state index in [4.69, 9.17) is 10.5 Å². The lowest BCUT2D eigenvalue weighted by Gasteiger charge is -2.06. The molecule has 2 N–H and O–H groups in total. The lowest BCUT2D eigenvalue weighted by atomic mass is 10.2. The van der Waals surface area contributed by atoms with Gasteiger partial charge in [0, 0.05) is 5.56 Å². The summed E-state index contributed by atoms with van der Waals surface area (Å²) >= 11 is 0. The summed E-state index contributed by atoms with van der Waals surface area (Å²) in [7, 11) is 0. The van der Waals surface area contributed by atoms with E-state index in [0.29, 0.717) is 12.2 Å². The van der Waals surface area contributed by atoms with Gasteiger partial charge < -0.3 is 10.5 Å². The number of carbonyl (C=O) groups excluding carboxylic acids is 1. The van der Waals surface area contributed by atoms with Crippen molar-refractivity contribution < 1.29 is 9.53 Å². The van der Waals surface area contributed by atoms with Crippen molar-refractivity contribution in [3.05, 3.63) is 65.7 Å². The fourth-order valence-electron chi connectivity index (χ4n) is 1.46. The lowest BCUT2D eigenvalue weighted by molar-refractivity contribution is 0.100. The van der Waals surface area contributed by atoms with Gasteiger partial charge in [0.2, 0.25) is 5.91 Å². The van der Waals surface area contributed by atoms with Crippen molar-refractivity contribution in [2.45, 2.75) is 20.5 Å². The van der Waals surface area contributed by atoms with Gasteiger partial charge in [0.15, 0.2) is 0 Å². The highest BCUT2D eigenvalue weighted by atomic mass is 16.5. The Balaban J connectivity index is 0.000000861. The molecular formula is C16H19NO2. The molecule has 1 amide bonds. The van der Waals surface area contributed by atoms with Crippen molar-refractivity contribution in [1.29, 1.82) is 0 Å². The predicted octanol–water partition coefficient (Wildman–Crippen LogP) is 3.39. The standard InChI is InChI=1S/C14H13NO2.C2H6/c15-14(16)12-6-8-13(9-7-12)17-10-11-4-2-1-3-5-11;1-2/h1-9H,10H2,(H2,15,16);1-2H3. The second-order valence-electron chi connectivity index (χ2n) is 3.66. The summed E-state index contributed by atoms with van der Waals surface area (Å²) in [5.41, 5.74) is 6.74. The molecule has 0 bridgehead atoms. The summed E-state index contributed by atoms with van der Waals surface area (Å²) in [5, 5.41) is 0. The molecule has 0 saturated carbocycles. The molecule has 2 aromatic rings. The summed E-state index contributed by atoms with van der Waals surface area (Å²) in [6.45, 7) is 4.51. The summed E-state index contributed by atoms with van der Waals surface area (Å²) in [6, 6.07) is 16.7. The molecule has 0 aromatic heterocycles. The highest BCUT2D eigenvalue weighted by Gasteiger charge is 2.00. The van der Waals surface area contributed by atoms with Gasteiger partial charge in [-0.05, 0) is 29.8 Å². The summed E-state index contributed by atoms with van der Waals surface area (Å²) in [6.07, 6.45) is 0. The van der Waals surface area contributed by atoms with Gasteiger partial charge in [0.05, 0.1) is 0 Å². The molecule has 0 aliphatic carbocycles. The van der Waals surface area contributed by atoms with Gasteiger partial charge >= 0.3 is 0 Å². The first kappa shape index (κ1) is 14.8. The van der Waals surface area contributed by atoms with Gasteiger partial charge in [0.25, 0.3) is 0 Å². The normalized spacial score (nSPS) is 9.16. The Morgan fingerprint density at radius 1 is 1.00 bits per heavy atom. The number of primary amides is 1. The summed E-state index contributed by atoms with van der Waals surface area (Å²) in [4.78, 5) is 10.9. The number of carbonyl (C=O) groups is 1. The molecule has 0 heterocycles. The van der Waals surface area contributed by atoms with Crippen LogP contribution in [-0.2, 0) is 6.61 Å². The van der Waals surface area contributed by atoms with Crippen molar-refractivity contribution in [3.8, 4) is 5.75 Å². The van der Waals surface area contributed by atoms with Crippen LogP contribution in [0.4, 0.5) is 0 Å². The maximum absolute atomic E-state index is 10.9. The topological polar surface area (TPSA) is 52.3 Å². The molecule has 0 aliphatic rings. The van der Waals surface area contributed by atoms with Crippen molar-refractivity contribution in [1.82, 2.24) is 0 Å². The number of nitrogens with two attached hydrogens (primary N) is 1. The van der Waals surface area contributed by atoms with E-state index in [0.717, 1.165) is 11.3 Å². The third-order valence-electron chi connectivity index (χ3n) is 2.39. The first-order valence-electron chi connectivity index (χ1n) is 6.32. The van der Waals surface area contributed by atoms with E-state index in [1.165, 1.54) is 0 Å². The highest BCUT2D eigenvalue weighted by Crippen LogP contribution is 2.13. The Labute approximate surface area is 114 Å². The van der Waals surface area contributed by atoms with Crippen LogP contribution in [0.25, 0.3) is 0 Å². The van der Waals surface area contributed by atoms with Crippen LogP contribution < -0.4 is 10.5 Å². The first-order chi connectivity index (χ1) is 9.25. The number of ether oxygens (including phenoxy) is 1. The predicted molar refractivity (Wildman–Crippen MR) is 77.1 cm³/mol. The second-order valence-corrected chi connectivity index (χ2v) is 3.66. The zero-order valence-electron chi connectivity index (χ0n) is 11.3. The molecule has 2 aromatic carbocycles. The Kier molecular flexibility index (Phi) is 6.16. The quantitative estimate of drug-likeness (QED) is 0.912. The molecule has 0 atom stereocenters. The van der Waals surface area contributed by atoms with E-state index in [9.17, 15) is 4.79 Å². The average Bonchev–Trinajstić information content (AvgIpc) is 2.49. The summed E-state index contributed by atoms with van der Waals surface area (Å²) in [5.74, 6) is 0.290. The third kappa shape index (κ3) is 4.84. The third-order valence-corrected chi connectivity index (χ3v) is 2.39. The number of hydrogen-bond acceptors (Lipinski definition) is 2. The van der Waals surface area contributed by atoms with Crippen LogP contribution in [0.3, 0.4) is 0 Å². The zero-order chi connectivity index (χ0) is 14.1. The number of hydrogen-bond donors (Lipinski definition) is 1. The fourth-order valence-corrected chi connectivity index (χ4v) is 1.46. The molecule has 0 aliphatic heterocycles. The van der Waals surface area contributed by atoms with Crippen LogP contribution in [0.15, 0.2) is 54.6 Å². The molecule has 0 fully saturated rings. The minimum Gasteiger partial charge on any atom is -0.489 e. The Hall–Kier alpha value is -2.29. The van der Waals surface area contributed by atoms with Crippen molar-refractivity contribution in [2.24, 2.45) is 5.73 Å². The molecule has 100 valence electrons. The van der Waals surface area contributed by atoms with Crippen LogP contribution in [0.2, 0.25) is 0 Å². The van der Waals surface area contributed by atoms with Crippen LogP contribution in [0.5, 0.6) is 5.75 Å². The smallest absolute Gasteiger partial charge is 0.248 e. The van der Waals surface area contributed by atoms with Crippen LogP contribution in [0.1, 0.15) is 29.8 Å². The molecule has 0 unspecified atom stereocenters. The zero-order valence-corrected chi connectivity index (χ0v) is 11.3. The minimum absolute atomic E-state index is 0.431. The van der Waals surface area contributed by atoms with E-state index in [-0.39, 0.29) is 0 Å². The number of rotatable bonds is 4. The van der Waals surface area contributed by atoms with Crippen LogP contribution >= 0.6 is 0 Å². The van der Waals surface area contributed by atoms with Gasteiger partial charge in [-0.25, -0.2) is 0 Å². The lowest BCUT2D eigenvalue weighted by Crippen LogP contribution is -2.10. The van der Waals surface area contributed by atoms with Crippen LogP contribution in [0, 0.1) is 0 Å². The van der Waals surface area contributed by atoms with E-state index >= 15 is 0 Å². The van der Waals surface area contributed by atoms with Crippen LogP contribution in [-0.4, -0.2) is 5.91 Å². The first-order valence-corrected chi connectivity index (χ1v) is 6.32. The molecular weight excluding hydrogens is 238 g/mol. The molecule has 0 saturated heterocycles. The SMILES string of the molecule is CC.NC(=O)c1ccc(OCc2ccccc2)cc1. The minimum atomic E-state index is -0.431. The molecule has 2 rings (SSSR count). The van der Waals surface area contributed by atoms with Gasteiger partial charge in [-0.3, -0.25) is 4.79 Å². The Bertz CT molecular complexity index is 492. The number of benzene rings is 2. The maximum atomic E-state index is 10.9. The Morgan fingerprint density at radius 3 is 2.11 bits per heavy atom. The molecule has 0 spiro atoms. The largest absolute Gasteiger partial charge is 0.489 e. The highest BCUT2D eigenvalue weighted by molar-refractivity contribution is 5.92. The second kappa shape index (κ2) is 7.93. The van der Waals surface area contributed by atoms with Crippen molar-refractivity contribution >= 4 is 5.91 Å². The van der Waals surface area contributed by atoms with Crippen molar-refractivity contribution in [3.63, 3.8) is 0 Å². The van der Waals surface area contributed by atoms with Gasteiger partial charge in [-0.1, -0.05) is 44.2 Å². The van der Waals surface area contributed by atoms with E-state index < -0.39 is 5.91 Å². The van der Waals surface area contributed by atoms with E-state index in [1.54, 1.807) is 24.3 Å². The van der Waals surface area contributed by atoms with E-state index in [2.05, 4.69) is 0 Å². The monoisotopic (exact) mass is 257 g/mol. The van der Waals surface area contributed by atoms with Gasteiger partial charge in [0.1, 0.15) is 12.4 Å². The van der Waals surface area contributed by atoms with E-state index in [1.807, 2.05) is 44.2 Å². The van der Waals surface area contributed by atoms with Gasteiger partial charge in [-0.2, -0.15) is 0 Å². The maximum Gasteiger partial charge on any atom is 0.248 e. The molecule has 19 heavy (non-hydrogen) atoms. The summed E-state index contributed by atoms with van der Waals surface area (Å²) < 4.78 is 5.57. The molecule has 3 nitrogen and oxygen atoms in total. The number of amides is 1. The molecule has 0 radical (unpaired) electrons. The molecule has 3 heteroatoms. The average molecular weight is 257 g/mol. The Morgan fingerprint density at radius 2 is 1.58 bits per heavy atom. The van der Waals surface area contributed by atoms with Crippen molar-refractivity contribution in [2.75, 3.05) is 0 Å². The van der Waals surface area contributed by atoms with Gasteiger partial charge in [-0.15, -0.1) is 0 Å².